The molecule has 2 rings (SSSR count). The Morgan fingerprint density at radius 3 is 2.63 bits per heavy atom. The van der Waals surface area contributed by atoms with E-state index in [2.05, 4.69) is 18.7 Å². The summed E-state index contributed by atoms with van der Waals surface area (Å²) in [6, 6.07) is 4.61. The van der Waals surface area contributed by atoms with Gasteiger partial charge in [0.05, 0.1) is 11.3 Å². The second kappa shape index (κ2) is 5.59. The fourth-order valence-electron chi connectivity index (χ4n) is 2.16. The van der Waals surface area contributed by atoms with Crippen LogP contribution in [0.2, 0.25) is 0 Å². The second-order valence-corrected chi connectivity index (χ2v) is 5.58. The molecule has 0 aromatic heterocycles. The predicted octanol–water partition coefficient (Wildman–Crippen LogP) is 3.54. The van der Waals surface area contributed by atoms with Crippen molar-refractivity contribution in [1.29, 1.82) is 0 Å². The molecule has 1 aliphatic carbocycles. The Kier molecular flexibility index (Phi) is 4.08. The zero-order chi connectivity index (χ0) is 14.0. The maximum absolute atomic E-state index is 14.1. The lowest BCUT2D eigenvalue weighted by atomic mass is 10.1. The quantitative estimate of drug-likeness (QED) is 0.855. The molecule has 1 aromatic carbocycles. The molecule has 1 fully saturated rings. The first kappa shape index (κ1) is 13.8. The minimum atomic E-state index is -1.09. The molecule has 1 N–H and O–H groups in total. The topological polar surface area (TPSA) is 40.5 Å². The van der Waals surface area contributed by atoms with Crippen LogP contribution in [0.4, 0.5) is 10.1 Å². The van der Waals surface area contributed by atoms with E-state index in [1.807, 2.05) is 0 Å². The summed E-state index contributed by atoms with van der Waals surface area (Å²) in [6.07, 6.45) is 3.20. The Hall–Kier alpha value is -1.58. The minimum Gasteiger partial charge on any atom is -0.478 e. The number of carboxylic acid groups (broad SMARTS) is 1. The van der Waals surface area contributed by atoms with Gasteiger partial charge in [0.1, 0.15) is 5.82 Å². The van der Waals surface area contributed by atoms with Gasteiger partial charge in [-0.15, -0.1) is 0 Å². The first-order valence-electron chi connectivity index (χ1n) is 6.78. The maximum Gasteiger partial charge on any atom is 0.335 e. The molecule has 3 nitrogen and oxygen atoms in total. The summed E-state index contributed by atoms with van der Waals surface area (Å²) >= 11 is 0. The summed E-state index contributed by atoms with van der Waals surface area (Å²) in [5.41, 5.74) is 0.536. The average molecular weight is 265 g/mol. The number of aromatic carboxylic acids is 1. The van der Waals surface area contributed by atoms with Gasteiger partial charge in [0.25, 0.3) is 0 Å². The third-order valence-electron chi connectivity index (χ3n) is 3.44. The number of hydrogen-bond donors (Lipinski definition) is 1. The molecular formula is C15H20FNO2. The zero-order valence-electron chi connectivity index (χ0n) is 11.4. The van der Waals surface area contributed by atoms with Crippen molar-refractivity contribution >= 4 is 11.7 Å². The molecule has 1 aromatic rings. The molecule has 0 amide bonds. The van der Waals surface area contributed by atoms with Gasteiger partial charge in [0.2, 0.25) is 0 Å². The molecule has 0 atom stereocenters. The van der Waals surface area contributed by atoms with E-state index in [1.54, 1.807) is 6.07 Å². The van der Waals surface area contributed by atoms with Gasteiger partial charge in [0, 0.05) is 12.6 Å². The van der Waals surface area contributed by atoms with Crippen LogP contribution in [0.1, 0.15) is 43.5 Å². The van der Waals surface area contributed by atoms with Gasteiger partial charge < -0.3 is 10.0 Å². The summed E-state index contributed by atoms with van der Waals surface area (Å²) in [5, 5.41) is 8.86. The minimum absolute atomic E-state index is 0.000793. The fourth-order valence-corrected chi connectivity index (χ4v) is 2.16. The molecule has 0 unspecified atom stereocenters. The molecule has 0 saturated heterocycles. The van der Waals surface area contributed by atoms with Gasteiger partial charge >= 0.3 is 5.97 Å². The average Bonchev–Trinajstić information content (AvgIpc) is 3.14. The Morgan fingerprint density at radius 1 is 1.47 bits per heavy atom. The fraction of sp³-hybridized carbons (Fsp3) is 0.533. The van der Waals surface area contributed by atoms with E-state index in [4.69, 9.17) is 5.11 Å². The monoisotopic (exact) mass is 265 g/mol. The van der Waals surface area contributed by atoms with Crippen molar-refractivity contribution in [3.8, 4) is 0 Å². The maximum atomic E-state index is 14.1. The van der Waals surface area contributed by atoms with Crippen LogP contribution >= 0.6 is 0 Å². The highest BCUT2D eigenvalue weighted by Gasteiger charge is 2.30. The Bertz CT molecular complexity index is 469. The lowest BCUT2D eigenvalue weighted by molar-refractivity contribution is 0.0696. The van der Waals surface area contributed by atoms with Gasteiger partial charge in [-0.2, -0.15) is 0 Å². The van der Waals surface area contributed by atoms with Gasteiger partial charge in [-0.25, -0.2) is 9.18 Å². The molecule has 0 radical (unpaired) electrons. The highest BCUT2D eigenvalue weighted by Crippen LogP contribution is 2.33. The Labute approximate surface area is 113 Å². The number of benzene rings is 1. The first-order valence-corrected chi connectivity index (χ1v) is 6.78. The van der Waals surface area contributed by atoms with Crippen LogP contribution in [-0.2, 0) is 0 Å². The van der Waals surface area contributed by atoms with Crippen LogP contribution in [0.25, 0.3) is 0 Å². The lowest BCUT2D eigenvalue weighted by Crippen LogP contribution is -2.28. The molecule has 0 spiro atoms. The summed E-state index contributed by atoms with van der Waals surface area (Å²) in [5.74, 6) is -0.955. The Morgan fingerprint density at radius 2 is 2.16 bits per heavy atom. The van der Waals surface area contributed by atoms with Crippen LogP contribution < -0.4 is 4.90 Å². The van der Waals surface area contributed by atoms with E-state index in [9.17, 15) is 9.18 Å². The number of carbonyl (C=O) groups is 1. The van der Waals surface area contributed by atoms with E-state index >= 15 is 0 Å². The van der Waals surface area contributed by atoms with Crippen molar-refractivity contribution < 1.29 is 14.3 Å². The van der Waals surface area contributed by atoms with E-state index < -0.39 is 11.8 Å². The first-order chi connectivity index (χ1) is 8.99. The van der Waals surface area contributed by atoms with Crippen molar-refractivity contribution in [2.24, 2.45) is 5.92 Å². The van der Waals surface area contributed by atoms with Crippen LogP contribution in [-0.4, -0.2) is 23.7 Å². The van der Waals surface area contributed by atoms with E-state index in [0.29, 0.717) is 17.6 Å². The number of rotatable bonds is 6. The summed E-state index contributed by atoms with van der Waals surface area (Å²) in [4.78, 5) is 12.9. The second-order valence-electron chi connectivity index (χ2n) is 5.58. The van der Waals surface area contributed by atoms with Gasteiger partial charge in [-0.05, 0) is 43.4 Å². The summed E-state index contributed by atoms with van der Waals surface area (Å²) in [6.45, 7) is 5.12. The van der Waals surface area contributed by atoms with Crippen LogP contribution in [0.5, 0.6) is 0 Å². The highest BCUT2D eigenvalue weighted by atomic mass is 19.1. The van der Waals surface area contributed by atoms with Crippen LogP contribution in [0.3, 0.4) is 0 Å². The van der Waals surface area contributed by atoms with E-state index in [1.165, 1.54) is 6.07 Å². The molecule has 4 heteroatoms. The molecule has 1 saturated carbocycles. The van der Waals surface area contributed by atoms with Crippen molar-refractivity contribution in [2.45, 2.75) is 39.2 Å². The van der Waals surface area contributed by atoms with Crippen molar-refractivity contribution in [3.63, 3.8) is 0 Å². The summed E-state index contributed by atoms with van der Waals surface area (Å²) in [7, 11) is 0. The number of nitrogens with zero attached hydrogens (tertiary/aromatic N) is 1. The largest absolute Gasteiger partial charge is 0.478 e. The number of carboxylic acids is 1. The number of anilines is 1. The van der Waals surface area contributed by atoms with Crippen LogP contribution in [0, 0.1) is 11.7 Å². The SMILES string of the molecule is CC(C)CCN(c1ccc(C(=O)O)cc1F)C1CC1. The predicted molar refractivity (Wildman–Crippen MR) is 73.2 cm³/mol. The van der Waals surface area contributed by atoms with Crippen molar-refractivity contribution in [2.75, 3.05) is 11.4 Å². The molecule has 0 aliphatic heterocycles. The lowest BCUT2D eigenvalue weighted by Gasteiger charge is -2.26. The van der Waals surface area contributed by atoms with Gasteiger partial charge in [0.15, 0.2) is 0 Å². The Balaban J connectivity index is 2.19. The van der Waals surface area contributed by atoms with Crippen molar-refractivity contribution in [1.82, 2.24) is 0 Å². The standard InChI is InChI=1S/C15H20FNO2/c1-10(2)7-8-17(12-4-5-12)14-6-3-11(15(18)19)9-13(14)16/h3,6,9-10,12H,4-5,7-8H2,1-2H3,(H,18,19). The number of halogens is 1. The smallest absolute Gasteiger partial charge is 0.335 e. The number of hydrogen-bond acceptors (Lipinski definition) is 2. The third kappa shape index (κ3) is 3.46. The molecule has 19 heavy (non-hydrogen) atoms. The molecular weight excluding hydrogens is 245 g/mol. The molecule has 1 aliphatic rings. The van der Waals surface area contributed by atoms with Gasteiger partial charge in [-0.1, -0.05) is 13.8 Å². The molecule has 104 valence electrons. The van der Waals surface area contributed by atoms with E-state index in [-0.39, 0.29) is 5.56 Å². The molecule has 0 bridgehead atoms. The highest BCUT2D eigenvalue weighted by molar-refractivity contribution is 5.88. The van der Waals surface area contributed by atoms with Crippen LogP contribution in [0.15, 0.2) is 18.2 Å². The zero-order valence-corrected chi connectivity index (χ0v) is 11.4. The van der Waals surface area contributed by atoms with Gasteiger partial charge in [-0.3, -0.25) is 0 Å². The third-order valence-corrected chi connectivity index (χ3v) is 3.44. The van der Waals surface area contributed by atoms with E-state index in [0.717, 1.165) is 31.9 Å². The normalized spacial score (nSPS) is 14.7. The molecule has 0 heterocycles. The summed E-state index contributed by atoms with van der Waals surface area (Å²) < 4.78 is 14.1. The van der Waals surface area contributed by atoms with Crippen molar-refractivity contribution in [3.05, 3.63) is 29.6 Å².